The van der Waals surface area contributed by atoms with Gasteiger partial charge in [-0.1, -0.05) is 11.6 Å². The molecule has 0 aliphatic carbocycles. The lowest BCUT2D eigenvalue weighted by atomic mass is 10.2. The van der Waals surface area contributed by atoms with Crippen molar-refractivity contribution < 1.29 is 14.3 Å². The predicted molar refractivity (Wildman–Crippen MR) is 76.3 cm³/mol. The predicted octanol–water partition coefficient (Wildman–Crippen LogP) is 1.42. The fourth-order valence-electron chi connectivity index (χ4n) is 1.66. The molecular formula is C13H18ClN3O3. The Labute approximate surface area is 122 Å². The van der Waals surface area contributed by atoms with Crippen molar-refractivity contribution in [2.75, 3.05) is 20.2 Å². The number of amides is 1. The Bertz CT molecular complexity index is 537. The molecule has 0 aromatic carbocycles. The van der Waals surface area contributed by atoms with Crippen molar-refractivity contribution in [1.82, 2.24) is 14.7 Å². The van der Waals surface area contributed by atoms with E-state index in [1.165, 1.54) is 22.8 Å². The summed E-state index contributed by atoms with van der Waals surface area (Å²) in [6.45, 7) is 3.94. The van der Waals surface area contributed by atoms with E-state index in [0.717, 1.165) is 5.69 Å². The summed E-state index contributed by atoms with van der Waals surface area (Å²) in [5, 5.41) is 4.61. The molecule has 1 aromatic heterocycles. The van der Waals surface area contributed by atoms with Gasteiger partial charge in [0.2, 0.25) is 5.91 Å². The van der Waals surface area contributed by atoms with Crippen LogP contribution in [0.3, 0.4) is 0 Å². The van der Waals surface area contributed by atoms with Crippen LogP contribution in [-0.4, -0.2) is 46.8 Å². The fourth-order valence-corrected chi connectivity index (χ4v) is 1.90. The number of nitrogens with zero attached hydrogens (tertiary/aromatic N) is 3. The minimum Gasteiger partial charge on any atom is -0.468 e. The van der Waals surface area contributed by atoms with E-state index in [2.05, 4.69) is 9.84 Å². The van der Waals surface area contributed by atoms with Gasteiger partial charge in [-0.05, 0) is 19.9 Å². The van der Waals surface area contributed by atoms with Crippen molar-refractivity contribution in [3.8, 4) is 0 Å². The van der Waals surface area contributed by atoms with Gasteiger partial charge in [-0.15, -0.1) is 0 Å². The number of halogens is 1. The van der Waals surface area contributed by atoms with Crippen molar-refractivity contribution in [3.63, 3.8) is 0 Å². The summed E-state index contributed by atoms with van der Waals surface area (Å²) >= 11 is 6.07. The topological polar surface area (TPSA) is 64.4 Å². The number of carbonyl (C=O) groups is 2. The number of aryl methyl sites for hydroxylation is 2. The third kappa shape index (κ3) is 3.84. The van der Waals surface area contributed by atoms with E-state index in [-0.39, 0.29) is 12.5 Å². The fraction of sp³-hybridized carbons (Fsp3) is 0.462. The minimum absolute atomic E-state index is 0.0735. The molecule has 0 bridgehead atoms. The first-order chi connectivity index (χ1) is 9.40. The molecule has 0 N–H and O–H groups in total. The molecule has 6 nitrogen and oxygen atoms in total. The summed E-state index contributed by atoms with van der Waals surface area (Å²) in [6.07, 6.45) is 2.98. The number of rotatable bonds is 5. The molecule has 0 fully saturated rings. The van der Waals surface area contributed by atoms with E-state index in [0.29, 0.717) is 17.3 Å². The van der Waals surface area contributed by atoms with Gasteiger partial charge in [0.05, 0.1) is 12.8 Å². The maximum Gasteiger partial charge on any atom is 0.325 e. The molecule has 0 aliphatic heterocycles. The standard InChI is InChI=1S/C13H18ClN3O3/c1-5-17(8-12(19)20-4)11(18)7-6-10-9(2)15-16(3)13(10)14/h6-7H,5,8H2,1-4H3. The van der Waals surface area contributed by atoms with E-state index < -0.39 is 5.97 Å². The molecule has 7 heteroatoms. The molecule has 110 valence electrons. The monoisotopic (exact) mass is 299 g/mol. The number of aromatic nitrogens is 2. The minimum atomic E-state index is -0.454. The summed E-state index contributed by atoms with van der Waals surface area (Å²) in [5.74, 6) is -0.735. The third-order valence-electron chi connectivity index (χ3n) is 2.83. The van der Waals surface area contributed by atoms with Crippen LogP contribution in [0, 0.1) is 6.92 Å². The lowest BCUT2D eigenvalue weighted by Gasteiger charge is -2.17. The molecule has 0 aliphatic rings. The van der Waals surface area contributed by atoms with Crippen LogP contribution in [0.15, 0.2) is 6.08 Å². The highest BCUT2D eigenvalue weighted by Crippen LogP contribution is 2.20. The second-order valence-electron chi connectivity index (χ2n) is 4.18. The maximum absolute atomic E-state index is 12.0. The first-order valence-electron chi connectivity index (χ1n) is 6.13. The summed E-state index contributed by atoms with van der Waals surface area (Å²) in [7, 11) is 3.01. The van der Waals surface area contributed by atoms with Crippen LogP contribution in [0.1, 0.15) is 18.2 Å². The average Bonchev–Trinajstić information content (AvgIpc) is 2.66. The van der Waals surface area contributed by atoms with Crippen molar-refractivity contribution in [2.45, 2.75) is 13.8 Å². The Morgan fingerprint density at radius 3 is 2.60 bits per heavy atom. The molecule has 0 saturated heterocycles. The molecular weight excluding hydrogens is 282 g/mol. The second-order valence-corrected chi connectivity index (χ2v) is 4.53. The zero-order chi connectivity index (χ0) is 15.3. The Balaban J connectivity index is 2.82. The van der Waals surface area contributed by atoms with Crippen LogP contribution in [0.4, 0.5) is 0 Å². The SMILES string of the molecule is CCN(CC(=O)OC)C(=O)C=Cc1c(C)nn(C)c1Cl. The average molecular weight is 300 g/mol. The van der Waals surface area contributed by atoms with Gasteiger partial charge in [0.15, 0.2) is 0 Å². The van der Waals surface area contributed by atoms with E-state index >= 15 is 0 Å². The summed E-state index contributed by atoms with van der Waals surface area (Å²) < 4.78 is 6.08. The number of esters is 1. The molecule has 0 atom stereocenters. The number of carbonyl (C=O) groups excluding carboxylic acids is 2. The van der Waals surface area contributed by atoms with E-state index in [1.807, 2.05) is 6.92 Å². The van der Waals surface area contributed by atoms with Crippen LogP contribution < -0.4 is 0 Å². The second kappa shape index (κ2) is 7.09. The van der Waals surface area contributed by atoms with Gasteiger partial charge in [-0.2, -0.15) is 5.10 Å². The third-order valence-corrected chi connectivity index (χ3v) is 3.28. The van der Waals surface area contributed by atoms with Crippen LogP contribution in [0.2, 0.25) is 5.15 Å². The van der Waals surface area contributed by atoms with E-state index in [4.69, 9.17) is 11.6 Å². The van der Waals surface area contributed by atoms with Gasteiger partial charge >= 0.3 is 5.97 Å². The highest BCUT2D eigenvalue weighted by atomic mass is 35.5. The first-order valence-corrected chi connectivity index (χ1v) is 6.51. The highest BCUT2D eigenvalue weighted by Gasteiger charge is 2.14. The van der Waals surface area contributed by atoms with Gasteiger partial charge in [0.1, 0.15) is 11.7 Å². The number of hydrogen-bond acceptors (Lipinski definition) is 4. The van der Waals surface area contributed by atoms with Crippen molar-refractivity contribution in [3.05, 3.63) is 22.5 Å². The van der Waals surface area contributed by atoms with Crippen LogP contribution in [0.5, 0.6) is 0 Å². The number of likely N-dealkylation sites (N-methyl/N-ethyl adjacent to an activating group) is 1. The Kier molecular flexibility index (Phi) is 5.76. The molecule has 20 heavy (non-hydrogen) atoms. The number of ether oxygens (including phenoxy) is 1. The smallest absolute Gasteiger partial charge is 0.325 e. The Morgan fingerprint density at radius 1 is 1.50 bits per heavy atom. The zero-order valence-corrected chi connectivity index (χ0v) is 12.8. The molecule has 1 amide bonds. The maximum atomic E-state index is 12.0. The van der Waals surface area contributed by atoms with Crippen molar-refractivity contribution >= 4 is 29.6 Å². The zero-order valence-electron chi connectivity index (χ0n) is 12.0. The molecule has 0 unspecified atom stereocenters. The van der Waals surface area contributed by atoms with E-state index in [1.54, 1.807) is 20.0 Å². The Morgan fingerprint density at radius 2 is 2.15 bits per heavy atom. The van der Waals surface area contributed by atoms with Gasteiger partial charge in [-0.25, -0.2) is 0 Å². The summed E-state index contributed by atoms with van der Waals surface area (Å²) in [5.41, 5.74) is 1.43. The summed E-state index contributed by atoms with van der Waals surface area (Å²) in [6, 6.07) is 0. The van der Waals surface area contributed by atoms with Crippen molar-refractivity contribution in [2.24, 2.45) is 7.05 Å². The van der Waals surface area contributed by atoms with Gasteiger partial charge < -0.3 is 9.64 Å². The van der Waals surface area contributed by atoms with Crippen LogP contribution in [0.25, 0.3) is 6.08 Å². The highest BCUT2D eigenvalue weighted by molar-refractivity contribution is 6.31. The molecule has 0 spiro atoms. The number of methoxy groups -OCH3 is 1. The number of hydrogen-bond donors (Lipinski definition) is 0. The van der Waals surface area contributed by atoms with Crippen LogP contribution >= 0.6 is 11.6 Å². The van der Waals surface area contributed by atoms with Gasteiger partial charge in [0.25, 0.3) is 0 Å². The summed E-state index contributed by atoms with van der Waals surface area (Å²) in [4.78, 5) is 24.6. The molecule has 1 aromatic rings. The quantitative estimate of drug-likeness (QED) is 0.609. The lowest BCUT2D eigenvalue weighted by Crippen LogP contribution is -2.34. The van der Waals surface area contributed by atoms with E-state index in [9.17, 15) is 9.59 Å². The largest absolute Gasteiger partial charge is 0.468 e. The lowest BCUT2D eigenvalue weighted by molar-refractivity contribution is -0.145. The van der Waals surface area contributed by atoms with Gasteiger partial charge in [-0.3, -0.25) is 14.3 Å². The molecule has 1 heterocycles. The van der Waals surface area contributed by atoms with Crippen LogP contribution in [-0.2, 0) is 21.4 Å². The molecule has 0 radical (unpaired) electrons. The first kappa shape index (κ1) is 16.2. The molecule has 0 saturated carbocycles. The normalized spacial score (nSPS) is 10.8. The molecule has 1 rings (SSSR count). The van der Waals surface area contributed by atoms with Crippen molar-refractivity contribution in [1.29, 1.82) is 0 Å². The Hall–Kier alpha value is -1.82. The van der Waals surface area contributed by atoms with Gasteiger partial charge in [0, 0.05) is 25.2 Å².